The van der Waals surface area contributed by atoms with Gasteiger partial charge in [-0.2, -0.15) is 13.2 Å². The lowest BCUT2D eigenvalue weighted by Gasteiger charge is -2.30. The molecule has 6 nitrogen and oxygen atoms in total. The van der Waals surface area contributed by atoms with Crippen LogP contribution in [0.5, 0.6) is 0 Å². The van der Waals surface area contributed by atoms with E-state index in [0.717, 1.165) is 74.5 Å². The molecule has 38 heavy (non-hydrogen) atoms. The van der Waals surface area contributed by atoms with Gasteiger partial charge in [0.05, 0.1) is 42.2 Å². The van der Waals surface area contributed by atoms with Crippen LogP contribution in [0.2, 0.25) is 0 Å². The van der Waals surface area contributed by atoms with Crippen LogP contribution in [0, 0.1) is 13.8 Å². The molecule has 0 unspecified atom stereocenters. The van der Waals surface area contributed by atoms with Crippen molar-refractivity contribution in [1.82, 2.24) is 24.7 Å². The molecule has 2 aliphatic heterocycles. The summed E-state index contributed by atoms with van der Waals surface area (Å²) in [4.78, 5) is 9.16. The predicted molar refractivity (Wildman–Crippen MR) is 144 cm³/mol. The molecule has 2 saturated heterocycles. The van der Waals surface area contributed by atoms with E-state index in [-0.39, 0.29) is 17.8 Å². The van der Waals surface area contributed by atoms with Crippen molar-refractivity contribution < 1.29 is 17.9 Å². The number of ether oxygens (including phenoxy) is 1. The number of hydrogen-bond donors (Lipinski definition) is 1. The highest BCUT2D eigenvalue weighted by Gasteiger charge is 2.42. The summed E-state index contributed by atoms with van der Waals surface area (Å²) in [6.45, 7) is 8.73. The first-order valence-corrected chi connectivity index (χ1v) is 13.3. The van der Waals surface area contributed by atoms with E-state index in [2.05, 4.69) is 20.1 Å². The number of alkyl halides is 3. The Morgan fingerprint density at radius 3 is 2.50 bits per heavy atom. The van der Waals surface area contributed by atoms with Crippen molar-refractivity contribution in [2.24, 2.45) is 0 Å². The standard InChI is InChI=1S/C28H32F3N5OS/c1-19-18-21(20(2)36(19)24-10-4-3-8-22(24)28(29,30)31)26-25(23-9-5-6-11-32-23)33-27(38)35(26)13-7-12-34-14-16-37-17-15-34/h3-6,8-11,18,25-26H,7,12-17H2,1-2H3,(H,33,38)/t25-,26-/m0/s1. The maximum atomic E-state index is 13.9. The third-order valence-corrected chi connectivity index (χ3v) is 7.77. The van der Waals surface area contributed by atoms with Crippen molar-refractivity contribution in [3.8, 4) is 5.69 Å². The van der Waals surface area contributed by atoms with Gasteiger partial charge in [0.1, 0.15) is 0 Å². The monoisotopic (exact) mass is 543 g/mol. The zero-order chi connectivity index (χ0) is 26.9. The summed E-state index contributed by atoms with van der Waals surface area (Å²) in [6.07, 6.45) is -1.80. The first kappa shape index (κ1) is 26.6. The van der Waals surface area contributed by atoms with Gasteiger partial charge in [-0.05, 0) is 68.4 Å². The lowest BCUT2D eigenvalue weighted by Crippen LogP contribution is -2.39. The van der Waals surface area contributed by atoms with E-state index in [4.69, 9.17) is 17.0 Å². The number of benzene rings is 1. The Bertz CT molecular complexity index is 1270. The average molecular weight is 544 g/mol. The van der Waals surface area contributed by atoms with E-state index in [1.54, 1.807) is 16.8 Å². The van der Waals surface area contributed by atoms with Crippen molar-refractivity contribution in [3.05, 3.63) is 82.9 Å². The number of para-hydroxylation sites is 1. The van der Waals surface area contributed by atoms with Gasteiger partial charge in [0.2, 0.25) is 0 Å². The van der Waals surface area contributed by atoms with Gasteiger partial charge >= 0.3 is 6.18 Å². The molecule has 202 valence electrons. The summed E-state index contributed by atoms with van der Waals surface area (Å²) < 4.78 is 49.0. The predicted octanol–water partition coefficient (Wildman–Crippen LogP) is 5.20. The van der Waals surface area contributed by atoms with Gasteiger partial charge in [-0.15, -0.1) is 0 Å². The molecule has 10 heteroatoms. The van der Waals surface area contributed by atoms with Crippen LogP contribution in [0.3, 0.4) is 0 Å². The lowest BCUT2D eigenvalue weighted by molar-refractivity contribution is -0.137. The molecular formula is C28H32F3N5OS. The molecule has 0 spiro atoms. The summed E-state index contributed by atoms with van der Waals surface area (Å²) in [5, 5.41) is 4.09. The van der Waals surface area contributed by atoms with Gasteiger partial charge in [0.25, 0.3) is 0 Å². The quantitative estimate of drug-likeness (QED) is 0.414. The summed E-state index contributed by atoms with van der Waals surface area (Å²) in [6, 6.07) is 13.1. The maximum Gasteiger partial charge on any atom is 0.418 e. The topological polar surface area (TPSA) is 45.6 Å². The Kier molecular flexibility index (Phi) is 7.74. The van der Waals surface area contributed by atoms with Crippen LogP contribution in [-0.4, -0.2) is 63.9 Å². The largest absolute Gasteiger partial charge is 0.418 e. The highest BCUT2D eigenvalue weighted by Crippen LogP contribution is 2.42. The van der Waals surface area contributed by atoms with E-state index in [1.165, 1.54) is 12.1 Å². The van der Waals surface area contributed by atoms with Gasteiger partial charge in [-0.25, -0.2) is 0 Å². The summed E-state index contributed by atoms with van der Waals surface area (Å²) in [5.41, 5.74) is 2.75. The minimum absolute atomic E-state index is 0.128. The van der Waals surface area contributed by atoms with Gasteiger partial charge < -0.3 is 19.5 Å². The van der Waals surface area contributed by atoms with Crippen LogP contribution in [-0.2, 0) is 10.9 Å². The SMILES string of the molecule is Cc1cc([C@H]2[C@H](c3ccccn3)NC(=S)N2CCCN2CCOCC2)c(C)n1-c1ccccc1C(F)(F)F. The Balaban J connectivity index is 1.52. The second-order valence-corrected chi connectivity index (χ2v) is 10.2. The molecule has 0 radical (unpaired) electrons. The molecular weight excluding hydrogens is 511 g/mol. The molecule has 0 bridgehead atoms. The highest BCUT2D eigenvalue weighted by molar-refractivity contribution is 7.80. The fraction of sp³-hybridized carbons (Fsp3) is 0.429. The minimum atomic E-state index is -4.46. The van der Waals surface area contributed by atoms with Crippen LogP contribution in [0.25, 0.3) is 5.69 Å². The number of aryl methyl sites for hydroxylation is 1. The van der Waals surface area contributed by atoms with E-state index < -0.39 is 11.7 Å². The van der Waals surface area contributed by atoms with Crippen molar-refractivity contribution >= 4 is 17.3 Å². The molecule has 0 saturated carbocycles. The Morgan fingerprint density at radius 1 is 1.05 bits per heavy atom. The molecule has 2 aromatic heterocycles. The smallest absolute Gasteiger partial charge is 0.379 e. The van der Waals surface area contributed by atoms with Crippen LogP contribution < -0.4 is 5.32 Å². The lowest BCUT2D eigenvalue weighted by atomic mass is 9.96. The summed E-state index contributed by atoms with van der Waals surface area (Å²) in [5.74, 6) is 0. The van der Waals surface area contributed by atoms with Crippen molar-refractivity contribution in [2.45, 2.75) is 38.5 Å². The molecule has 1 aromatic carbocycles. The van der Waals surface area contributed by atoms with E-state index in [0.29, 0.717) is 5.11 Å². The van der Waals surface area contributed by atoms with Gasteiger partial charge in [-0.1, -0.05) is 18.2 Å². The van der Waals surface area contributed by atoms with E-state index in [9.17, 15) is 13.2 Å². The number of nitrogens with zero attached hydrogens (tertiary/aromatic N) is 4. The van der Waals surface area contributed by atoms with E-state index >= 15 is 0 Å². The molecule has 0 amide bonds. The second-order valence-electron chi connectivity index (χ2n) is 9.80. The molecule has 4 heterocycles. The number of hydrogen-bond acceptors (Lipinski definition) is 4. The van der Waals surface area contributed by atoms with Gasteiger partial charge in [0.15, 0.2) is 5.11 Å². The first-order chi connectivity index (χ1) is 18.3. The molecule has 0 aliphatic carbocycles. The summed E-state index contributed by atoms with van der Waals surface area (Å²) in [7, 11) is 0. The first-order valence-electron chi connectivity index (χ1n) is 12.9. The zero-order valence-electron chi connectivity index (χ0n) is 21.5. The molecule has 1 N–H and O–H groups in total. The van der Waals surface area contributed by atoms with Crippen LogP contribution in [0.15, 0.2) is 54.7 Å². The number of morpholine rings is 1. The average Bonchev–Trinajstić information content (AvgIpc) is 3.39. The fourth-order valence-corrected chi connectivity index (χ4v) is 5.97. The Morgan fingerprint density at radius 2 is 1.79 bits per heavy atom. The van der Waals surface area contributed by atoms with Gasteiger partial charge in [0, 0.05) is 43.8 Å². The van der Waals surface area contributed by atoms with Gasteiger partial charge in [-0.3, -0.25) is 9.88 Å². The zero-order valence-corrected chi connectivity index (χ0v) is 22.4. The minimum Gasteiger partial charge on any atom is -0.379 e. The molecule has 2 aliphatic rings. The normalized spacial score (nSPS) is 20.7. The number of rotatable bonds is 7. The number of thiocarbonyl (C=S) groups is 1. The Hall–Kier alpha value is -2.95. The van der Waals surface area contributed by atoms with Crippen LogP contribution >= 0.6 is 12.2 Å². The fourth-order valence-electron chi connectivity index (χ4n) is 5.64. The molecule has 2 atom stereocenters. The molecule has 2 fully saturated rings. The number of nitrogens with one attached hydrogen (secondary N) is 1. The van der Waals surface area contributed by atoms with Crippen molar-refractivity contribution in [1.29, 1.82) is 0 Å². The van der Waals surface area contributed by atoms with Crippen molar-refractivity contribution in [2.75, 3.05) is 39.4 Å². The third-order valence-electron chi connectivity index (χ3n) is 7.41. The number of aromatic nitrogens is 2. The summed E-state index contributed by atoms with van der Waals surface area (Å²) >= 11 is 5.81. The number of pyridine rings is 1. The van der Waals surface area contributed by atoms with Crippen LogP contribution in [0.1, 0.15) is 46.7 Å². The van der Waals surface area contributed by atoms with E-state index in [1.807, 2.05) is 38.1 Å². The highest BCUT2D eigenvalue weighted by atomic mass is 32.1. The maximum absolute atomic E-state index is 13.9. The van der Waals surface area contributed by atoms with Crippen LogP contribution in [0.4, 0.5) is 13.2 Å². The molecule has 5 rings (SSSR count). The third kappa shape index (κ3) is 5.30. The van der Waals surface area contributed by atoms with Crippen molar-refractivity contribution in [3.63, 3.8) is 0 Å². The second kappa shape index (κ2) is 11.0. The molecule has 3 aromatic rings. The number of halogens is 3. The Labute approximate surface area is 226 Å².